The van der Waals surface area contributed by atoms with E-state index in [9.17, 15) is 5.11 Å². The monoisotopic (exact) mass is 822 g/mol. The van der Waals surface area contributed by atoms with E-state index in [-0.39, 0.29) is 12.2 Å². The molecule has 0 amide bonds. The van der Waals surface area contributed by atoms with Gasteiger partial charge in [0.2, 0.25) is 0 Å². The number of aliphatic hydroxyl groups excluding tert-OH is 1. The minimum Gasteiger partial charge on any atom is -0.391 e. The molecule has 0 spiro atoms. The normalized spacial score (nSPS) is 30.3. The second-order valence-corrected chi connectivity index (χ2v) is 20.5. The van der Waals surface area contributed by atoms with Gasteiger partial charge in [-0.05, 0) is 66.9 Å². The predicted molar refractivity (Wildman–Crippen MR) is 232 cm³/mol. The number of ether oxygens (including phenoxy) is 6. The maximum absolute atomic E-state index is 11.6. The smallest absolute Gasteiger partial charge is 0.332 e. The fraction of sp³-hybridized carbons (Fsp3) is 0.469. The van der Waals surface area contributed by atoms with E-state index in [2.05, 4.69) is 94.7 Å². The van der Waals surface area contributed by atoms with Crippen LogP contribution in [0.5, 0.6) is 0 Å². The fourth-order valence-electron chi connectivity index (χ4n) is 8.69. The molecule has 9 nitrogen and oxygen atoms in total. The van der Waals surface area contributed by atoms with E-state index in [4.69, 9.17) is 37.3 Å². The zero-order valence-electron chi connectivity index (χ0n) is 35.1. The van der Waals surface area contributed by atoms with Crippen LogP contribution in [0.1, 0.15) is 56.2 Å². The van der Waals surface area contributed by atoms with E-state index in [1.54, 1.807) is 0 Å². The fourth-order valence-corrected chi connectivity index (χ4v) is 10.4. The quantitative estimate of drug-likeness (QED) is 0.0780. The Bertz CT molecular complexity index is 1960. The van der Waals surface area contributed by atoms with E-state index in [1.165, 1.54) is 11.5 Å². The van der Waals surface area contributed by atoms with Gasteiger partial charge in [-0.2, -0.15) is 0 Å². The van der Waals surface area contributed by atoms with Crippen molar-refractivity contribution in [3.8, 4) is 0 Å². The molecule has 10 atom stereocenters. The van der Waals surface area contributed by atoms with Crippen molar-refractivity contribution in [1.29, 1.82) is 0 Å². The third kappa shape index (κ3) is 11.1. The third-order valence-electron chi connectivity index (χ3n) is 12.0. The summed E-state index contributed by atoms with van der Waals surface area (Å²) in [6.45, 7) is 18.2. The van der Waals surface area contributed by atoms with E-state index >= 15 is 0 Å². The van der Waals surface area contributed by atoms with E-state index in [1.807, 2.05) is 54.6 Å². The first-order valence-corrected chi connectivity index (χ1v) is 23.9. The van der Waals surface area contributed by atoms with Crippen molar-refractivity contribution in [2.45, 2.75) is 132 Å². The summed E-state index contributed by atoms with van der Waals surface area (Å²) in [5, 5.41) is 14.0. The lowest BCUT2D eigenvalue weighted by atomic mass is 9.80. The second-order valence-electron chi connectivity index (χ2n) is 17.2. The molecule has 3 saturated heterocycles. The Labute approximate surface area is 351 Å². The zero-order valence-corrected chi connectivity index (χ0v) is 36.1. The molecular formula is C49H62O9Si. The minimum atomic E-state index is -2.36. The van der Waals surface area contributed by atoms with Crippen LogP contribution in [-0.2, 0) is 57.1 Å². The summed E-state index contributed by atoms with van der Waals surface area (Å²) in [4.78, 5) is 0. The molecule has 3 aliphatic heterocycles. The van der Waals surface area contributed by atoms with Crippen LogP contribution in [0.4, 0.5) is 0 Å². The third-order valence-corrected chi connectivity index (χ3v) is 13.7. The van der Waals surface area contributed by atoms with Gasteiger partial charge in [-0.15, -0.1) is 13.2 Å². The molecule has 3 aliphatic rings. The molecule has 0 aromatic heterocycles. The van der Waals surface area contributed by atoms with Gasteiger partial charge >= 0.3 is 8.56 Å². The van der Waals surface area contributed by atoms with E-state index in [0.717, 1.165) is 22.1 Å². The molecule has 10 heteroatoms. The molecule has 3 heterocycles. The Hall–Kier alpha value is -3.52. The lowest BCUT2D eigenvalue weighted by molar-refractivity contribution is -0.300. The van der Waals surface area contributed by atoms with Gasteiger partial charge in [0, 0.05) is 19.3 Å². The summed E-state index contributed by atoms with van der Waals surface area (Å²) in [6.07, 6.45) is 1.38. The van der Waals surface area contributed by atoms with Gasteiger partial charge in [0.05, 0.1) is 81.4 Å². The molecule has 2 unspecified atom stereocenters. The molecule has 4 aromatic rings. The van der Waals surface area contributed by atoms with Crippen molar-refractivity contribution < 1.29 is 42.4 Å². The van der Waals surface area contributed by atoms with Gasteiger partial charge < -0.3 is 42.4 Å². The number of fused-ring (bicyclic) bond motifs is 2. The highest BCUT2D eigenvalue weighted by Crippen LogP contribution is 2.45. The van der Waals surface area contributed by atoms with Crippen LogP contribution in [0.15, 0.2) is 128 Å². The van der Waals surface area contributed by atoms with Gasteiger partial charge in [-0.25, -0.2) is 0 Å². The molecule has 316 valence electrons. The van der Waals surface area contributed by atoms with Crippen LogP contribution < -0.4 is 0 Å². The first-order chi connectivity index (χ1) is 28.5. The van der Waals surface area contributed by atoms with Crippen LogP contribution in [-0.4, -0.2) is 86.9 Å². The molecule has 1 N–H and O–H groups in total. The van der Waals surface area contributed by atoms with Crippen molar-refractivity contribution in [1.82, 2.24) is 0 Å². The average Bonchev–Trinajstić information content (AvgIpc) is 3.23. The van der Waals surface area contributed by atoms with Crippen molar-refractivity contribution in [3.05, 3.63) is 145 Å². The molecular weight excluding hydrogens is 761 g/mol. The Balaban J connectivity index is 1.16. The SMILES string of the molecule is C=CC[C@]1(C)O[C@]2(C)CO[Si](C)(C)O[C@H]2C[C@H]1OC(C[C@H]1O[C@@H](COCc2ccccc2)[C@H](OCc2ccccc2)C[C@@H]1OCc1ccc2ccccc2c1)C(O)C=C. The topological polar surface area (TPSA) is 94.1 Å². The first-order valence-electron chi connectivity index (χ1n) is 21.1. The van der Waals surface area contributed by atoms with Crippen LogP contribution in [0, 0.1) is 0 Å². The number of benzene rings is 4. The van der Waals surface area contributed by atoms with Crippen molar-refractivity contribution in [2.75, 3.05) is 13.2 Å². The van der Waals surface area contributed by atoms with Crippen LogP contribution in [0.2, 0.25) is 13.1 Å². The lowest BCUT2D eigenvalue weighted by Crippen LogP contribution is -2.69. The highest BCUT2D eigenvalue weighted by atomic mass is 28.4. The minimum absolute atomic E-state index is 0.236. The molecule has 0 radical (unpaired) electrons. The average molecular weight is 823 g/mol. The Morgan fingerprint density at radius 2 is 1.44 bits per heavy atom. The zero-order chi connectivity index (χ0) is 41.5. The number of rotatable bonds is 18. The summed E-state index contributed by atoms with van der Waals surface area (Å²) >= 11 is 0. The Kier molecular flexibility index (Phi) is 14.4. The van der Waals surface area contributed by atoms with Crippen LogP contribution in [0.25, 0.3) is 10.8 Å². The van der Waals surface area contributed by atoms with Gasteiger partial charge in [0.25, 0.3) is 0 Å². The standard InChI is InChI=1S/C49H62O9Si/c1-7-25-48(3)46(29-47-49(4,58-48)34-54-59(5,6)57-47)56-41(40(50)8-2)27-44-42(53-32-37-23-24-38-21-15-16-22-39(38)26-37)28-43(52-31-36-19-13-10-14-20-36)45(55-44)33-51-30-35-17-11-9-12-18-35/h7-24,26,40-47,50H,1-2,25,27-34H2,3-6H3/t40?,41?,42-,43+,44+,45-,46+,47-,48-,49+/m0/s1. The van der Waals surface area contributed by atoms with Gasteiger partial charge in [-0.3, -0.25) is 0 Å². The Morgan fingerprint density at radius 3 is 2.14 bits per heavy atom. The molecule has 0 aliphatic carbocycles. The summed E-state index contributed by atoms with van der Waals surface area (Å²) in [5.74, 6) is 0. The first kappa shape index (κ1) is 43.6. The van der Waals surface area contributed by atoms with Crippen LogP contribution >= 0.6 is 0 Å². The van der Waals surface area contributed by atoms with E-state index in [0.29, 0.717) is 58.7 Å². The van der Waals surface area contributed by atoms with E-state index < -0.39 is 56.4 Å². The van der Waals surface area contributed by atoms with Gasteiger partial charge in [0.1, 0.15) is 11.7 Å². The highest BCUT2D eigenvalue weighted by Gasteiger charge is 2.57. The maximum Gasteiger partial charge on any atom is 0.332 e. The molecule has 3 fully saturated rings. The number of hydrogen-bond acceptors (Lipinski definition) is 9. The molecule has 7 rings (SSSR count). The van der Waals surface area contributed by atoms with Gasteiger partial charge in [0.15, 0.2) is 0 Å². The summed E-state index contributed by atoms with van der Waals surface area (Å²) in [7, 11) is -2.36. The summed E-state index contributed by atoms with van der Waals surface area (Å²) in [5.41, 5.74) is 1.80. The largest absolute Gasteiger partial charge is 0.391 e. The molecule has 0 saturated carbocycles. The van der Waals surface area contributed by atoms with Gasteiger partial charge in [-0.1, -0.05) is 109 Å². The number of aliphatic hydroxyl groups is 1. The predicted octanol–water partition coefficient (Wildman–Crippen LogP) is 9.01. The molecule has 0 bridgehead atoms. The molecule has 4 aromatic carbocycles. The van der Waals surface area contributed by atoms with Crippen LogP contribution in [0.3, 0.4) is 0 Å². The molecule has 59 heavy (non-hydrogen) atoms. The highest BCUT2D eigenvalue weighted by molar-refractivity contribution is 6.64. The van der Waals surface area contributed by atoms with Crippen molar-refractivity contribution in [2.24, 2.45) is 0 Å². The number of hydrogen-bond donors (Lipinski definition) is 1. The summed E-state index contributed by atoms with van der Waals surface area (Å²) < 4.78 is 53.7. The van der Waals surface area contributed by atoms with Crippen molar-refractivity contribution >= 4 is 19.3 Å². The lowest BCUT2D eigenvalue weighted by Gasteiger charge is -2.57. The van der Waals surface area contributed by atoms with Crippen molar-refractivity contribution in [3.63, 3.8) is 0 Å². The maximum atomic E-state index is 11.6. The Morgan fingerprint density at radius 1 is 0.797 bits per heavy atom. The summed E-state index contributed by atoms with van der Waals surface area (Å²) in [6, 6.07) is 35.0. The second kappa shape index (κ2) is 19.5.